The first-order valence-corrected chi connectivity index (χ1v) is 3.09. The van der Waals surface area contributed by atoms with Gasteiger partial charge in [0.25, 0.3) is 5.92 Å². The van der Waals surface area contributed by atoms with Crippen molar-refractivity contribution in [3.8, 4) is 0 Å². The van der Waals surface area contributed by atoms with Crippen LogP contribution in [0.15, 0.2) is 0 Å². The molecule has 1 aliphatic heterocycles. The molecule has 0 amide bonds. The minimum absolute atomic E-state index is 0.421. The van der Waals surface area contributed by atoms with E-state index >= 15 is 0 Å². The van der Waals surface area contributed by atoms with Crippen molar-refractivity contribution in [3.05, 3.63) is 0 Å². The lowest BCUT2D eigenvalue weighted by atomic mass is 9.87. The van der Waals surface area contributed by atoms with Crippen LogP contribution in [-0.2, 0) is 9.53 Å². The van der Waals surface area contributed by atoms with Gasteiger partial charge in [0.15, 0.2) is 5.41 Å². The third kappa shape index (κ3) is 0.994. The van der Waals surface area contributed by atoms with E-state index in [-0.39, 0.29) is 0 Å². The Kier molecular flexibility index (Phi) is 1.63. The van der Waals surface area contributed by atoms with Gasteiger partial charge >= 0.3 is 5.97 Å². The number of halogens is 2. The topological polar surface area (TPSA) is 46.5 Å². The summed E-state index contributed by atoms with van der Waals surface area (Å²) in [6.45, 7) is -0.229. The molecule has 0 aromatic heterocycles. The molecule has 1 heterocycles. The quantitative estimate of drug-likeness (QED) is 0.625. The van der Waals surface area contributed by atoms with Gasteiger partial charge in [-0.15, -0.1) is 0 Å². The Balaban J connectivity index is 2.93. The van der Waals surface area contributed by atoms with Crippen LogP contribution in [0.3, 0.4) is 0 Å². The van der Waals surface area contributed by atoms with E-state index < -0.39 is 30.5 Å². The molecule has 1 fully saturated rings. The molecule has 0 aromatic rings. The fourth-order valence-electron chi connectivity index (χ4n) is 0.866. The van der Waals surface area contributed by atoms with Gasteiger partial charge in [-0.05, 0) is 6.92 Å². The number of hydrogen-bond acceptors (Lipinski definition) is 2. The zero-order valence-electron chi connectivity index (χ0n) is 5.93. The summed E-state index contributed by atoms with van der Waals surface area (Å²) in [5.74, 6) is -4.77. The van der Waals surface area contributed by atoms with Gasteiger partial charge < -0.3 is 9.84 Å². The van der Waals surface area contributed by atoms with Gasteiger partial charge in [0, 0.05) is 0 Å². The Morgan fingerprint density at radius 1 is 1.55 bits per heavy atom. The van der Waals surface area contributed by atoms with Crippen molar-refractivity contribution in [3.63, 3.8) is 0 Å². The summed E-state index contributed by atoms with van der Waals surface area (Å²) in [6, 6.07) is 0. The fraction of sp³-hybridized carbons (Fsp3) is 0.833. The third-order valence-corrected chi connectivity index (χ3v) is 1.95. The number of rotatable bonds is 1. The lowest BCUT2D eigenvalue weighted by Gasteiger charge is -2.23. The van der Waals surface area contributed by atoms with Crippen molar-refractivity contribution < 1.29 is 23.4 Å². The van der Waals surface area contributed by atoms with Gasteiger partial charge in [0.1, 0.15) is 6.61 Å². The molecule has 1 N–H and O–H groups in total. The standard InChI is InChI=1S/C6H8F2O3/c1-5(4(9)10)2-11-3-6(5,7)8/h2-3H2,1H3,(H,9,10)/t5-/m1/s1. The third-order valence-electron chi connectivity index (χ3n) is 1.95. The van der Waals surface area contributed by atoms with Crippen LogP contribution in [0.2, 0.25) is 0 Å². The summed E-state index contributed by atoms with van der Waals surface area (Å²) < 4.78 is 29.9. The highest BCUT2D eigenvalue weighted by molar-refractivity contribution is 5.76. The van der Waals surface area contributed by atoms with E-state index in [9.17, 15) is 13.6 Å². The first-order valence-electron chi connectivity index (χ1n) is 3.09. The van der Waals surface area contributed by atoms with Crippen molar-refractivity contribution in [1.82, 2.24) is 0 Å². The molecule has 1 rings (SSSR count). The van der Waals surface area contributed by atoms with Gasteiger partial charge in [-0.3, -0.25) is 4.79 Å². The van der Waals surface area contributed by atoms with E-state index in [1.807, 2.05) is 0 Å². The second-order valence-corrected chi connectivity index (χ2v) is 2.83. The van der Waals surface area contributed by atoms with Crippen LogP contribution >= 0.6 is 0 Å². The zero-order valence-corrected chi connectivity index (χ0v) is 5.93. The smallest absolute Gasteiger partial charge is 0.317 e. The molecule has 0 saturated carbocycles. The fourth-order valence-corrected chi connectivity index (χ4v) is 0.866. The molecule has 0 aromatic carbocycles. The highest BCUT2D eigenvalue weighted by Gasteiger charge is 2.60. The number of ether oxygens (including phenoxy) is 1. The summed E-state index contributed by atoms with van der Waals surface area (Å²) in [5, 5.41) is 8.45. The molecule has 0 spiro atoms. The Hall–Kier alpha value is -0.710. The summed E-state index contributed by atoms with van der Waals surface area (Å²) in [6.07, 6.45) is 0. The summed E-state index contributed by atoms with van der Waals surface area (Å²) in [4.78, 5) is 10.4. The molecule has 1 atom stereocenters. The Morgan fingerprint density at radius 3 is 2.27 bits per heavy atom. The molecule has 64 valence electrons. The molecular formula is C6H8F2O3. The number of carbonyl (C=O) groups is 1. The normalized spacial score (nSPS) is 35.5. The maximum atomic E-state index is 12.7. The molecule has 1 aliphatic rings. The lowest BCUT2D eigenvalue weighted by molar-refractivity contribution is -0.165. The van der Waals surface area contributed by atoms with Crippen LogP contribution < -0.4 is 0 Å². The Morgan fingerprint density at radius 2 is 2.09 bits per heavy atom. The number of aliphatic carboxylic acids is 1. The van der Waals surface area contributed by atoms with E-state index in [1.54, 1.807) is 0 Å². The Labute approximate surface area is 62.0 Å². The maximum absolute atomic E-state index is 12.7. The number of carboxylic acid groups (broad SMARTS) is 1. The highest BCUT2D eigenvalue weighted by atomic mass is 19.3. The predicted molar refractivity (Wildman–Crippen MR) is 31.5 cm³/mol. The molecule has 0 unspecified atom stereocenters. The first-order chi connectivity index (χ1) is 4.90. The van der Waals surface area contributed by atoms with Gasteiger partial charge in [-0.1, -0.05) is 0 Å². The van der Waals surface area contributed by atoms with E-state index in [2.05, 4.69) is 4.74 Å². The van der Waals surface area contributed by atoms with Crippen LogP contribution in [0.25, 0.3) is 0 Å². The molecule has 5 heteroatoms. The van der Waals surface area contributed by atoms with Crippen LogP contribution in [0.4, 0.5) is 8.78 Å². The van der Waals surface area contributed by atoms with Crippen LogP contribution in [-0.4, -0.2) is 30.2 Å². The zero-order chi connectivity index (χ0) is 8.70. The minimum Gasteiger partial charge on any atom is -0.481 e. The van der Waals surface area contributed by atoms with Gasteiger partial charge in [-0.2, -0.15) is 0 Å². The summed E-state index contributed by atoms with van der Waals surface area (Å²) in [7, 11) is 0. The molecule has 0 aliphatic carbocycles. The van der Waals surface area contributed by atoms with Gasteiger partial charge in [-0.25, -0.2) is 8.78 Å². The first kappa shape index (κ1) is 8.39. The second-order valence-electron chi connectivity index (χ2n) is 2.83. The van der Waals surface area contributed by atoms with Gasteiger partial charge in [0.05, 0.1) is 6.61 Å². The van der Waals surface area contributed by atoms with Crippen LogP contribution in [0.5, 0.6) is 0 Å². The molecule has 0 bridgehead atoms. The van der Waals surface area contributed by atoms with Crippen LogP contribution in [0, 0.1) is 5.41 Å². The van der Waals surface area contributed by atoms with Crippen molar-refractivity contribution in [2.24, 2.45) is 5.41 Å². The monoisotopic (exact) mass is 166 g/mol. The highest BCUT2D eigenvalue weighted by Crippen LogP contribution is 2.42. The van der Waals surface area contributed by atoms with Crippen molar-refractivity contribution >= 4 is 5.97 Å². The van der Waals surface area contributed by atoms with Crippen molar-refractivity contribution in [2.45, 2.75) is 12.8 Å². The van der Waals surface area contributed by atoms with E-state index in [0.29, 0.717) is 0 Å². The van der Waals surface area contributed by atoms with Crippen LogP contribution in [0.1, 0.15) is 6.92 Å². The SMILES string of the molecule is C[C@]1(C(=O)O)COCC1(F)F. The average Bonchev–Trinajstić information content (AvgIpc) is 2.09. The maximum Gasteiger partial charge on any atom is 0.317 e. The van der Waals surface area contributed by atoms with E-state index in [4.69, 9.17) is 5.11 Å². The minimum atomic E-state index is -3.25. The average molecular weight is 166 g/mol. The molecule has 0 radical (unpaired) electrons. The van der Waals surface area contributed by atoms with E-state index in [0.717, 1.165) is 6.92 Å². The second kappa shape index (κ2) is 2.14. The number of alkyl halides is 2. The largest absolute Gasteiger partial charge is 0.481 e. The molecular weight excluding hydrogens is 158 g/mol. The van der Waals surface area contributed by atoms with Gasteiger partial charge in [0.2, 0.25) is 0 Å². The molecule has 1 saturated heterocycles. The molecule has 3 nitrogen and oxygen atoms in total. The number of hydrogen-bond donors (Lipinski definition) is 1. The molecule has 11 heavy (non-hydrogen) atoms. The number of carboxylic acids is 1. The van der Waals surface area contributed by atoms with Crippen molar-refractivity contribution in [1.29, 1.82) is 0 Å². The summed E-state index contributed by atoms with van der Waals surface area (Å²) >= 11 is 0. The summed E-state index contributed by atoms with van der Waals surface area (Å²) in [5.41, 5.74) is -2.05. The Bertz CT molecular complexity index is 192. The van der Waals surface area contributed by atoms with Crippen molar-refractivity contribution in [2.75, 3.05) is 13.2 Å². The predicted octanol–water partition coefficient (Wildman–Crippen LogP) is 0.743. The lowest BCUT2D eigenvalue weighted by Crippen LogP contribution is -2.44. The van der Waals surface area contributed by atoms with E-state index in [1.165, 1.54) is 0 Å².